The second-order valence-electron chi connectivity index (χ2n) is 12.8. The average Bonchev–Trinajstić information content (AvgIpc) is 3.11. The first-order chi connectivity index (χ1) is 25.2. The number of carboxylic acid groups (broad SMARTS) is 1. The van der Waals surface area contributed by atoms with Crippen molar-refractivity contribution in [3.05, 3.63) is 113 Å². The fourth-order valence-corrected chi connectivity index (χ4v) is 7.31. The normalized spacial score (nSPS) is 12.4. The van der Waals surface area contributed by atoms with Crippen LogP contribution in [0.3, 0.4) is 0 Å². The average molecular weight is 785 g/mol. The first kappa shape index (κ1) is 47.7. The minimum atomic E-state index is -3.39. The van der Waals surface area contributed by atoms with Crippen LogP contribution in [-0.2, 0) is 25.9 Å². The molecule has 0 aliphatic heterocycles. The summed E-state index contributed by atoms with van der Waals surface area (Å²) in [4.78, 5) is 30.1. The molecule has 0 heterocycles. The van der Waals surface area contributed by atoms with Crippen molar-refractivity contribution in [2.45, 2.75) is 76.1 Å². The second kappa shape index (κ2) is 26.4. The Balaban J connectivity index is 0.00000124. The van der Waals surface area contributed by atoms with E-state index in [1.165, 1.54) is 16.2 Å². The molecule has 0 bridgehead atoms. The Hall–Kier alpha value is -3.35. The predicted octanol–water partition coefficient (Wildman–Crippen LogP) is 9.15. The van der Waals surface area contributed by atoms with Gasteiger partial charge in [0.25, 0.3) is 5.91 Å². The van der Waals surface area contributed by atoms with E-state index in [1.54, 1.807) is 31.0 Å². The summed E-state index contributed by atoms with van der Waals surface area (Å²) in [5.41, 5.74) is 3.90. The van der Waals surface area contributed by atoms with E-state index < -0.39 is 27.8 Å². The first-order valence-electron chi connectivity index (χ1n) is 17.8. The van der Waals surface area contributed by atoms with E-state index in [0.717, 1.165) is 48.9 Å². The molecule has 11 heteroatoms. The Kier molecular flexibility index (Phi) is 23.8. The summed E-state index contributed by atoms with van der Waals surface area (Å²) in [7, 11) is 0.419. The van der Waals surface area contributed by atoms with Gasteiger partial charge in [-0.25, -0.2) is 13.2 Å². The maximum atomic E-state index is 13.4. The van der Waals surface area contributed by atoms with Gasteiger partial charge in [-0.05, 0) is 97.8 Å². The number of rotatable bonds is 19. The maximum absolute atomic E-state index is 13.4. The third-order valence-electron chi connectivity index (χ3n) is 7.71. The van der Waals surface area contributed by atoms with Crippen LogP contribution in [0.1, 0.15) is 67.9 Å². The molecule has 0 aliphatic rings. The number of sulfone groups is 1. The van der Waals surface area contributed by atoms with Gasteiger partial charge in [0.2, 0.25) is 0 Å². The molecular formula is C42H60N2O6S3. The molecule has 0 aliphatic carbocycles. The van der Waals surface area contributed by atoms with Gasteiger partial charge in [0.15, 0.2) is 0 Å². The Morgan fingerprint density at radius 3 is 2.21 bits per heavy atom. The molecule has 3 aromatic carbocycles. The fourth-order valence-electron chi connectivity index (χ4n) is 5.10. The molecule has 2 atom stereocenters. The van der Waals surface area contributed by atoms with Crippen molar-refractivity contribution in [3.8, 4) is 11.1 Å². The largest absolute Gasteiger partial charge is 0.480 e. The van der Waals surface area contributed by atoms with Crippen molar-refractivity contribution in [3.63, 3.8) is 0 Å². The lowest BCUT2D eigenvalue weighted by atomic mass is 9.93. The van der Waals surface area contributed by atoms with Gasteiger partial charge in [-0.2, -0.15) is 0 Å². The van der Waals surface area contributed by atoms with Gasteiger partial charge in [0.05, 0.1) is 5.75 Å². The fraction of sp³-hybridized carbons (Fsp3) is 0.429. The first-order valence-corrected chi connectivity index (χ1v) is 22.0. The molecule has 0 spiro atoms. The van der Waals surface area contributed by atoms with Crippen molar-refractivity contribution < 1.29 is 27.9 Å². The molecule has 1 amide bonds. The summed E-state index contributed by atoms with van der Waals surface area (Å²) in [6, 6.07) is 22.4. The summed E-state index contributed by atoms with van der Waals surface area (Å²) >= 11 is 3.60. The standard InChI is InChI=1S/C33H42N2O6S2.C6H10S.C3H8/c1-24-11-8-9-15-28(24)30-21-25(16-17-29(30)32(36)34-31(33(37)38)18-20-43(4,39)40)22-35(2)23-27(14-10-19-41-3)42-26-12-6-5-7-13-26;1-4-5-6(2)7-3;1-3-2/h5-9,11-13,15-17,21,27,31H,10,14,18-20,22-23H2,1-4H3,(H,34,36)(H,37,38);4-5H,1H2,2-3H3;3H2,1-2H3/b;6-5+;. The number of nitrogens with one attached hydrogen (secondary N) is 1. The number of hydrogen-bond acceptors (Lipinski definition) is 8. The number of carbonyl (C=O) groups is 2. The number of aryl methyl sites for hydroxylation is 1. The maximum Gasteiger partial charge on any atom is 0.326 e. The molecule has 292 valence electrons. The molecule has 0 aromatic heterocycles. The number of allylic oxidation sites excluding steroid dienone is 3. The number of carboxylic acids is 1. The molecule has 2 unspecified atom stereocenters. The number of methoxy groups -OCH3 is 1. The summed E-state index contributed by atoms with van der Waals surface area (Å²) in [5, 5.41) is 12.6. The number of thioether (sulfide) groups is 2. The van der Waals surface area contributed by atoms with Crippen LogP contribution < -0.4 is 5.32 Å². The van der Waals surface area contributed by atoms with E-state index in [0.29, 0.717) is 22.9 Å². The Labute approximate surface area is 327 Å². The summed E-state index contributed by atoms with van der Waals surface area (Å²) in [6.45, 7) is 14.1. The SMILES string of the molecule is C=C/C=C(\C)SC.CCC.COCCCC(CN(C)Cc1ccc(C(=O)NC(CCS(C)(=O)=O)C(=O)O)c(-c2ccccc2C)c1)Sc1ccccc1. The van der Waals surface area contributed by atoms with Crippen molar-refractivity contribution in [1.29, 1.82) is 0 Å². The van der Waals surface area contributed by atoms with Crippen LogP contribution in [0.15, 0.2) is 101 Å². The van der Waals surface area contributed by atoms with E-state index in [9.17, 15) is 23.1 Å². The van der Waals surface area contributed by atoms with Gasteiger partial charge in [0, 0.05) is 48.8 Å². The van der Waals surface area contributed by atoms with Crippen LogP contribution in [0.4, 0.5) is 0 Å². The van der Waals surface area contributed by atoms with Crippen molar-refractivity contribution >= 4 is 45.2 Å². The van der Waals surface area contributed by atoms with Crippen LogP contribution in [0.25, 0.3) is 11.1 Å². The van der Waals surface area contributed by atoms with Crippen molar-refractivity contribution in [2.24, 2.45) is 0 Å². The van der Waals surface area contributed by atoms with Crippen LogP contribution in [0.5, 0.6) is 0 Å². The third-order valence-corrected chi connectivity index (χ3v) is 10.7. The monoisotopic (exact) mass is 784 g/mol. The zero-order valence-electron chi connectivity index (χ0n) is 32.8. The molecule has 53 heavy (non-hydrogen) atoms. The molecule has 8 nitrogen and oxygen atoms in total. The van der Waals surface area contributed by atoms with Gasteiger partial charge in [-0.1, -0.05) is 87.5 Å². The molecule has 0 radical (unpaired) electrons. The summed E-state index contributed by atoms with van der Waals surface area (Å²) in [5.74, 6) is -2.17. The van der Waals surface area contributed by atoms with E-state index in [1.807, 2.05) is 79.4 Å². The third kappa shape index (κ3) is 20.1. The smallest absolute Gasteiger partial charge is 0.326 e. The highest BCUT2D eigenvalue weighted by molar-refractivity contribution is 8.02. The van der Waals surface area contributed by atoms with Crippen molar-refractivity contribution in [1.82, 2.24) is 10.2 Å². The van der Waals surface area contributed by atoms with Gasteiger partial charge >= 0.3 is 5.97 Å². The number of hydrogen-bond donors (Lipinski definition) is 2. The number of ether oxygens (including phenoxy) is 1. The quantitative estimate of drug-likeness (QED) is 0.0698. The molecule has 0 saturated heterocycles. The number of amides is 1. The number of aliphatic carboxylic acids is 1. The Bertz CT molecular complexity index is 1680. The van der Waals surface area contributed by atoms with Crippen LogP contribution >= 0.6 is 23.5 Å². The molecule has 0 saturated carbocycles. The Morgan fingerprint density at radius 1 is 1.02 bits per heavy atom. The Morgan fingerprint density at radius 2 is 1.66 bits per heavy atom. The van der Waals surface area contributed by atoms with Crippen molar-refractivity contribution in [2.75, 3.05) is 45.6 Å². The number of carbonyl (C=O) groups excluding carboxylic acids is 1. The minimum Gasteiger partial charge on any atom is -0.480 e. The van der Waals surface area contributed by atoms with Crippen LogP contribution in [0.2, 0.25) is 0 Å². The van der Waals surface area contributed by atoms with Gasteiger partial charge in [-0.15, -0.1) is 23.5 Å². The highest BCUT2D eigenvalue weighted by Crippen LogP contribution is 2.30. The highest BCUT2D eigenvalue weighted by atomic mass is 32.2. The van der Waals surface area contributed by atoms with Gasteiger partial charge in [0.1, 0.15) is 15.9 Å². The lowest BCUT2D eigenvalue weighted by molar-refractivity contribution is -0.139. The van der Waals surface area contributed by atoms with Crippen LogP contribution in [0, 0.1) is 6.92 Å². The highest BCUT2D eigenvalue weighted by Gasteiger charge is 2.24. The minimum absolute atomic E-state index is 0.213. The van der Waals surface area contributed by atoms with E-state index >= 15 is 0 Å². The van der Waals surface area contributed by atoms with E-state index in [2.05, 4.69) is 63.0 Å². The number of nitrogens with zero attached hydrogens (tertiary/aromatic N) is 1. The molecule has 3 aromatic rings. The van der Waals surface area contributed by atoms with Gasteiger partial charge in [-0.3, -0.25) is 4.79 Å². The van der Waals surface area contributed by atoms with E-state index in [-0.39, 0.29) is 12.2 Å². The molecule has 2 N–H and O–H groups in total. The summed E-state index contributed by atoms with van der Waals surface area (Å²) in [6.07, 6.45) is 9.90. The molecule has 3 rings (SSSR count). The lowest BCUT2D eigenvalue weighted by Gasteiger charge is -2.25. The molecular weight excluding hydrogens is 725 g/mol. The summed E-state index contributed by atoms with van der Waals surface area (Å²) < 4.78 is 28.5. The number of benzene rings is 3. The lowest BCUT2D eigenvalue weighted by Crippen LogP contribution is -2.42. The predicted molar refractivity (Wildman–Crippen MR) is 227 cm³/mol. The van der Waals surface area contributed by atoms with Crippen LogP contribution in [-0.4, -0.2) is 87.2 Å². The second-order valence-corrected chi connectivity index (χ2v) is 17.5. The van der Waals surface area contributed by atoms with Gasteiger partial charge < -0.3 is 20.1 Å². The molecule has 0 fully saturated rings. The van der Waals surface area contributed by atoms with E-state index in [4.69, 9.17) is 4.74 Å². The zero-order valence-corrected chi connectivity index (χ0v) is 35.2. The zero-order chi connectivity index (χ0) is 39.8. The topological polar surface area (TPSA) is 113 Å².